The lowest BCUT2D eigenvalue weighted by Gasteiger charge is -2.35. The van der Waals surface area contributed by atoms with Crippen LogP contribution in [-0.4, -0.2) is 26.4 Å². The van der Waals surface area contributed by atoms with Crippen molar-refractivity contribution in [1.82, 2.24) is 9.62 Å². The van der Waals surface area contributed by atoms with E-state index in [0.717, 1.165) is 31.1 Å². The van der Waals surface area contributed by atoms with Crippen LogP contribution in [0.2, 0.25) is 0 Å². The van der Waals surface area contributed by atoms with Crippen molar-refractivity contribution in [2.45, 2.75) is 23.9 Å². The van der Waals surface area contributed by atoms with Crippen molar-refractivity contribution in [1.29, 1.82) is 0 Å². The first-order valence-electron chi connectivity index (χ1n) is 9.11. The molecule has 3 aromatic rings. The molecule has 0 saturated heterocycles. The van der Waals surface area contributed by atoms with E-state index in [-0.39, 0.29) is 17.5 Å². The molecule has 146 valence electrons. The highest BCUT2D eigenvalue weighted by molar-refractivity contribution is 7.89. The molecule has 1 aliphatic heterocycles. The average molecular weight is 417 g/mol. The molecule has 1 N–H and O–H groups in total. The van der Waals surface area contributed by atoms with E-state index in [0.29, 0.717) is 0 Å². The summed E-state index contributed by atoms with van der Waals surface area (Å²) < 4.78 is 41.4. The van der Waals surface area contributed by atoms with Crippen molar-refractivity contribution in [3.8, 4) is 0 Å². The first-order chi connectivity index (χ1) is 13.5. The predicted octanol–water partition coefficient (Wildman–Crippen LogP) is 3.97. The Morgan fingerprint density at radius 3 is 2.68 bits per heavy atom. The normalized spacial score (nSPS) is 15.9. The second-order valence-corrected chi connectivity index (χ2v) is 9.42. The predicted molar refractivity (Wildman–Crippen MR) is 109 cm³/mol. The second kappa shape index (κ2) is 8.13. The van der Waals surface area contributed by atoms with Crippen LogP contribution >= 0.6 is 11.3 Å². The van der Waals surface area contributed by atoms with Gasteiger partial charge in [-0.25, -0.2) is 17.5 Å². The number of nitrogens with zero attached hydrogens (tertiary/aromatic N) is 1. The molecule has 0 radical (unpaired) electrons. The Hall–Kier alpha value is -2.06. The molecule has 1 aromatic heterocycles. The lowest BCUT2D eigenvalue weighted by atomic mass is 9.97. The Balaban J connectivity index is 1.55. The van der Waals surface area contributed by atoms with Gasteiger partial charge >= 0.3 is 0 Å². The van der Waals surface area contributed by atoms with Gasteiger partial charge in [0, 0.05) is 25.7 Å². The summed E-state index contributed by atoms with van der Waals surface area (Å²) in [6.45, 7) is 1.87. The summed E-state index contributed by atoms with van der Waals surface area (Å²) in [5, 5.41) is 4.06. The molecule has 28 heavy (non-hydrogen) atoms. The molecule has 0 amide bonds. The zero-order valence-electron chi connectivity index (χ0n) is 15.2. The van der Waals surface area contributed by atoms with Gasteiger partial charge in [0.15, 0.2) is 0 Å². The molecule has 4 nitrogen and oxygen atoms in total. The summed E-state index contributed by atoms with van der Waals surface area (Å²) in [7, 11) is -3.78. The molecule has 2 aromatic carbocycles. The van der Waals surface area contributed by atoms with E-state index in [1.807, 2.05) is 17.5 Å². The highest BCUT2D eigenvalue weighted by atomic mass is 32.2. The van der Waals surface area contributed by atoms with Gasteiger partial charge in [-0.15, -0.1) is 0 Å². The molecule has 0 fully saturated rings. The summed E-state index contributed by atoms with van der Waals surface area (Å²) in [5.41, 5.74) is 3.72. The molecular weight excluding hydrogens is 395 g/mol. The standard InChI is InChI=1S/C21H21FN2O2S2/c22-19-6-3-7-20(12-19)28(25,26)23-13-21(18-9-11-27-15-18)24-10-8-16-4-1-2-5-17(16)14-24/h1-7,9,11-12,15,21,23H,8,10,13-14H2. The maximum absolute atomic E-state index is 13.5. The summed E-state index contributed by atoms with van der Waals surface area (Å²) >= 11 is 1.60. The minimum atomic E-state index is -3.78. The molecule has 0 bridgehead atoms. The first-order valence-corrected chi connectivity index (χ1v) is 11.5. The monoisotopic (exact) mass is 416 g/mol. The van der Waals surface area contributed by atoms with E-state index in [1.54, 1.807) is 11.3 Å². The number of fused-ring (bicyclic) bond motifs is 1. The van der Waals surface area contributed by atoms with E-state index < -0.39 is 15.8 Å². The zero-order valence-corrected chi connectivity index (χ0v) is 16.8. The third-order valence-corrected chi connectivity index (χ3v) is 7.22. The molecule has 2 heterocycles. The SMILES string of the molecule is O=S(=O)(NCC(c1ccsc1)N1CCc2ccccc2C1)c1cccc(F)c1. The van der Waals surface area contributed by atoms with Crippen molar-refractivity contribution < 1.29 is 12.8 Å². The maximum Gasteiger partial charge on any atom is 0.240 e. The van der Waals surface area contributed by atoms with Crippen LogP contribution in [0.3, 0.4) is 0 Å². The van der Waals surface area contributed by atoms with Gasteiger partial charge in [-0.05, 0) is 58.1 Å². The van der Waals surface area contributed by atoms with Gasteiger partial charge in [0.05, 0.1) is 4.90 Å². The number of halogens is 1. The Bertz CT molecular complexity index is 1050. The molecule has 1 unspecified atom stereocenters. The minimum absolute atomic E-state index is 0.0550. The van der Waals surface area contributed by atoms with Gasteiger partial charge in [0.1, 0.15) is 5.82 Å². The van der Waals surface area contributed by atoms with Gasteiger partial charge < -0.3 is 0 Å². The number of rotatable bonds is 6. The fourth-order valence-electron chi connectivity index (χ4n) is 3.61. The van der Waals surface area contributed by atoms with Gasteiger partial charge in [-0.1, -0.05) is 30.3 Å². The maximum atomic E-state index is 13.5. The van der Waals surface area contributed by atoms with Gasteiger partial charge in [0.2, 0.25) is 10.0 Å². The Labute approximate surface area is 168 Å². The molecule has 4 rings (SSSR count). The van der Waals surface area contributed by atoms with Gasteiger partial charge in [-0.3, -0.25) is 4.90 Å². The Morgan fingerprint density at radius 2 is 1.93 bits per heavy atom. The van der Waals surface area contributed by atoms with Crippen molar-refractivity contribution in [2.75, 3.05) is 13.1 Å². The number of sulfonamides is 1. The highest BCUT2D eigenvalue weighted by Crippen LogP contribution is 2.29. The van der Waals surface area contributed by atoms with Crippen LogP contribution in [0.5, 0.6) is 0 Å². The van der Waals surface area contributed by atoms with Crippen LogP contribution in [0, 0.1) is 5.82 Å². The van der Waals surface area contributed by atoms with Crippen molar-refractivity contribution in [2.24, 2.45) is 0 Å². The summed E-state index contributed by atoms with van der Waals surface area (Å²) in [5.74, 6) is -0.565. The molecule has 0 saturated carbocycles. The molecule has 1 aliphatic rings. The van der Waals surface area contributed by atoms with E-state index in [1.165, 1.54) is 29.3 Å². The lowest BCUT2D eigenvalue weighted by molar-refractivity contribution is 0.181. The number of benzene rings is 2. The highest BCUT2D eigenvalue weighted by Gasteiger charge is 2.27. The zero-order chi connectivity index (χ0) is 19.6. The van der Waals surface area contributed by atoms with Crippen LogP contribution in [0.15, 0.2) is 70.3 Å². The Kier molecular flexibility index (Phi) is 5.59. The van der Waals surface area contributed by atoms with Crippen molar-refractivity contribution in [3.63, 3.8) is 0 Å². The smallest absolute Gasteiger partial charge is 0.240 e. The molecule has 0 spiro atoms. The molecule has 1 atom stereocenters. The Morgan fingerprint density at radius 1 is 1.11 bits per heavy atom. The largest absolute Gasteiger partial charge is 0.290 e. The number of nitrogens with one attached hydrogen (secondary N) is 1. The van der Waals surface area contributed by atoms with E-state index >= 15 is 0 Å². The van der Waals surface area contributed by atoms with Gasteiger partial charge in [0.25, 0.3) is 0 Å². The molecule has 7 heteroatoms. The summed E-state index contributed by atoms with van der Waals surface area (Å²) in [6.07, 6.45) is 0.938. The third kappa shape index (κ3) is 4.17. The average Bonchev–Trinajstić information content (AvgIpc) is 3.22. The van der Waals surface area contributed by atoms with Crippen LogP contribution in [0.1, 0.15) is 22.7 Å². The van der Waals surface area contributed by atoms with E-state index in [9.17, 15) is 12.8 Å². The van der Waals surface area contributed by atoms with Gasteiger partial charge in [-0.2, -0.15) is 11.3 Å². The fourth-order valence-corrected chi connectivity index (χ4v) is 5.39. The number of hydrogen-bond donors (Lipinski definition) is 1. The quantitative estimate of drug-likeness (QED) is 0.662. The summed E-state index contributed by atoms with van der Waals surface area (Å²) in [6, 6.07) is 15.4. The van der Waals surface area contributed by atoms with Crippen LogP contribution in [-0.2, 0) is 23.0 Å². The molecular formula is C21H21FN2O2S2. The molecule has 0 aliphatic carbocycles. The lowest BCUT2D eigenvalue weighted by Crippen LogP contribution is -2.40. The first kappa shape index (κ1) is 19.3. The van der Waals surface area contributed by atoms with E-state index in [2.05, 4.69) is 33.2 Å². The van der Waals surface area contributed by atoms with Crippen LogP contribution in [0.4, 0.5) is 4.39 Å². The topological polar surface area (TPSA) is 49.4 Å². The fraction of sp³-hybridized carbons (Fsp3) is 0.238. The van der Waals surface area contributed by atoms with Crippen molar-refractivity contribution >= 4 is 21.4 Å². The minimum Gasteiger partial charge on any atom is -0.290 e. The number of thiophene rings is 1. The van der Waals surface area contributed by atoms with Crippen molar-refractivity contribution in [3.05, 3.63) is 87.9 Å². The van der Waals surface area contributed by atoms with Crippen LogP contribution < -0.4 is 4.72 Å². The second-order valence-electron chi connectivity index (χ2n) is 6.87. The van der Waals surface area contributed by atoms with E-state index in [4.69, 9.17) is 0 Å². The van der Waals surface area contributed by atoms with Crippen LogP contribution in [0.25, 0.3) is 0 Å². The summed E-state index contributed by atoms with van der Waals surface area (Å²) in [4.78, 5) is 2.25. The third-order valence-electron chi connectivity index (χ3n) is 5.10. The number of hydrogen-bond acceptors (Lipinski definition) is 4.